The van der Waals surface area contributed by atoms with Crippen molar-refractivity contribution in [3.05, 3.63) is 48.4 Å². The summed E-state index contributed by atoms with van der Waals surface area (Å²) < 4.78 is 15.2. The Morgan fingerprint density at radius 3 is 2.89 bits per heavy atom. The SMILES string of the molecule is Cl.NCc1ncnn1-c1cnc2cccc(F)c2c1. The summed E-state index contributed by atoms with van der Waals surface area (Å²) in [4.78, 5) is 8.22. The van der Waals surface area contributed by atoms with Crippen LogP contribution in [0.1, 0.15) is 5.82 Å². The normalized spacial score (nSPS) is 10.4. The molecule has 3 rings (SSSR count). The van der Waals surface area contributed by atoms with Gasteiger partial charge in [-0.2, -0.15) is 5.10 Å². The molecule has 0 amide bonds. The van der Waals surface area contributed by atoms with E-state index >= 15 is 0 Å². The maximum absolute atomic E-state index is 13.7. The number of hydrogen-bond donors (Lipinski definition) is 1. The third-order valence-electron chi connectivity index (χ3n) is 2.70. The molecule has 2 aromatic heterocycles. The molecule has 0 atom stereocenters. The highest BCUT2D eigenvalue weighted by Crippen LogP contribution is 2.19. The van der Waals surface area contributed by atoms with Gasteiger partial charge >= 0.3 is 0 Å². The van der Waals surface area contributed by atoms with Gasteiger partial charge in [0.25, 0.3) is 0 Å². The van der Waals surface area contributed by atoms with Crippen molar-refractivity contribution >= 4 is 23.3 Å². The van der Waals surface area contributed by atoms with E-state index in [4.69, 9.17) is 5.73 Å². The number of pyridine rings is 1. The van der Waals surface area contributed by atoms with E-state index in [9.17, 15) is 4.39 Å². The van der Waals surface area contributed by atoms with Crippen molar-refractivity contribution < 1.29 is 4.39 Å². The molecule has 0 fully saturated rings. The van der Waals surface area contributed by atoms with Crippen molar-refractivity contribution in [3.8, 4) is 5.69 Å². The molecule has 0 aliphatic heterocycles. The number of rotatable bonds is 2. The summed E-state index contributed by atoms with van der Waals surface area (Å²) in [5, 5.41) is 4.51. The smallest absolute Gasteiger partial charge is 0.146 e. The number of hydrogen-bond acceptors (Lipinski definition) is 4. The predicted molar refractivity (Wildman–Crippen MR) is 71.8 cm³/mol. The summed E-state index contributed by atoms with van der Waals surface area (Å²) in [6.45, 7) is 0.259. The van der Waals surface area contributed by atoms with Gasteiger partial charge in [-0.05, 0) is 18.2 Å². The molecule has 98 valence electrons. The Kier molecular flexibility index (Phi) is 3.73. The zero-order valence-electron chi connectivity index (χ0n) is 9.82. The fourth-order valence-corrected chi connectivity index (χ4v) is 1.84. The second-order valence-electron chi connectivity index (χ2n) is 3.79. The molecule has 5 nitrogen and oxygen atoms in total. The second kappa shape index (κ2) is 5.29. The molecule has 7 heteroatoms. The van der Waals surface area contributed by atoms with Gasteiger partial charge in [0.1, 0.15) is 18.0 Å². The number of aromatic nitrogens is 4. The number of benzene rings is 1. The molecule has 0 saturated heterocycles. The van der Waals surface area contributed by atoms with Gasteiger partial charge < -0.3 is 5.73 Å². The molecule has 3 aromatic rings. The lowest BCUT2D eigenvalue weighted by Crippen LogP contribution is -2.08. The van der Waals surface area contributed by atoms with Gasteiger partial charge in [0.05, 0.1) is 23.9 Å². The minimum atomic E-state index is -0.309. The van der Waals surface area contributed by atoms with Crippen LogP contribution in [0.2, 0.25) is 0 Å². The molecule has 1 aromatic carbocycles. The number of halogens is 2. The Morgan fingerprint density at radius 2 is 2.11 bits per heavy atom. The Hall–Kier alpha value is -2.05. The summed E-state index contributed by atoms with van der Waals surface area (Å²) in [7, 11) is 0. The Morgan fingerprint density at radius 1 is 1.26 bits per heavy atom. The third kappa shape index (κ3) is 2.27. The van der Waals surface area contributed by atoms with E-state index in [1.54, 1.807) is 29.1 Å². The standard InChI is InChI=1S/C12H10FN5.ClH/c13-10-2-1-3-11-9(10)4-8(6-15-11)18-12(5-14)16-7-17-18;/h1-4,6-7H,5,14H2;1H. The highest BCUT2D eigenvalue weighted by atomic mass is 35.5. The van der Waals surface area contributed by atoms with Crippen LogP contribution in [-0.4, -0.2) is 19.7 Å². The Labute approximate surface area is 114 Å². The maximum atomic E-state index is 13.7. The highest BCUT2D eigenvalue weighted by molar-refractivity contribution is 5.85. The largest absolute Gasteiger partial charge is 0.324 e. The van der Waals surface area contributed by atoms with E-state index in [2.05, 4.69) is 15.1 Å². The van der Waals surface area contributed by atoms with Crippen LogP contribution in [0.4, 0.5) is 4.39 Å². The van der Waals surface area contributed by atoms with Crippen LogP contribution >= 0.6 is 12.4 Å². The Bertz CT molecular complexity index is 712. The van der Waals surface area contributed by atoms with E-state index < -0.39 is 0 Å². The van der Waals surface area contributed by atoms with Crippen LogP contribution in [0, 0.1) is 5.82 Å². The average Bonchev–Trinajstić information content (AvgIpc) is 2.87. The molecule has 2 N–H and O–H groups in total. The maximum Gasteiger partial charge on any atom is 0.146 e. The first-order chi connectivity index (χ1) is 8.79. The molecule has 0 bridgehead atoms. The summed E-state index contributed by atoms with van der Waals surface area (Å²) >= 11 is 0. The molecular formula is C12H11ClFN5. The van der Waals surface area contributed by atoms with E-state index in [-0.39, 0.29) is 24.8 Å². The van der Waals surface area contributed by atoms with Crippen molar-refractivity contribution in [2.75, 3.05) is 0 Å². The predicted octanol–water partition coefficient (Wildman–Crippen LogP) is 1.84. The summed E-state index contributed by atoms with van der Waals surface area (Å²) in [6.07, 6.45) is 3.03. The lowest BCUT2D eigenvalue weighted by atomic mass is 10.2. The summed E-state index contributed by atoms with van der Waals surface area (Å²) in [5.74, 6) is 0.295. The quantitative estimate of drug-likeness (QED) is 0.777. The van der Waals surface area contributed by atoms with Crippen molar-refractivity contribution in [1.29, 1.82) is 0 Å². The summed E-state index contributed by atoms with van der Waals surface area (Å²) in [5.41, 5.74) is 6.81. The van der Waals surface area contributed by atoms with E-state index in [0.717, 1.165) is 0 Å². The van der Waals surface area contributed by atoms with Crippen molar-refractivity contribution in [2.45, 2.75) is 6.54 Å². The first-order valence-corrected chi connectivity index (χ1v) is 5.43. The van der Waals surface area contributed by atoms with Crippen LogP contribution in [0.15, 0.2) is 36.8 Å². The minimum Gasteiger partial charge on any atom is -0.324 e. The van der Waals surface area contributed by atoms with Crippen LogP contribution in [0.25, 0.3) is 16.6 Å². The van der Waals surface area contributed by atoms with Gasteiger partial charge in [0, 0.05) is 5.39 Å². The molecule has 0 spiro atoms. The van der Waals surface area contributed by atoms with Gasteiger partial charge in [-0.3, -0.25) is 4.98 Å². The minimum absolute atomic E-state index is 0. The van der Waals surface area contributed by atoms with E-state index in [1.807, 2.05) is 0 Å². The molecule has 2 heterocycles. The van der Waals surface area contributed by atoms with Gasteiger partial charge in [0.15, 0.2) is 0 Å². The molecule has 0 radical (unpaired) electrons. The van der Waals surface area contributed by atoms with Gasteiger partial charge in [0.2, 0.25) is 0 Å². The monoisotopic (exact) mass is 279 g/mol. The third-order valence-corrected chi connectivity index (χ3v) is 2.70. The average molecular weight is 280 g/mol. The van der Waals surface area contributed by atoms with Crippen molar-refractivity contribution in [1.82, 2.24) is 19.7 Å². The molecular weight excluding hydrogens is 269 g/mol. The fraction of sp³-hybridized carbons (Fsp3) is 0.0833. The first-order valence-electron chi connectivity index (χ1n) is 5.43. The molecule has 0 aliphatic carbocycles. The summed E-state index contributed by atoms with van der Waals surface area (Å²) in [6, 6.07) is 6.48. The molecule has 0 unspecified atom stereocenters. The van der Waals surface area contributed by atoms with Crippen LogP contribution < -0.4 is 5.73 Å². The van der Waals surface area contributed by atoms with Gasteiger partial charge in [-0.15, -0.1) is 12.4 Å². The van der Waals surface area contributed by atoms with Crippen LogP contribution in [0.5, 0.6) is 0 Å². The second-order valence-corrected chi connectivity index (χ2v) is 3.79. The highest BCUT2D eigenvalue weighted by Gasteiger charge is 2.08. The number of nitrogens with zero attached hydrogens (tertiary/aromatic N) is 4. The number of fused-ring (bicyclic) bond motifs is 1. The zero-order chi connectivity index (χ0) is 12.5. The molecule has 19 heavy (non-hydrogen) atoms. The Balaban J connectivity index is 0.00000133. The van der Waals surface area contributed by atoms with Crippen LogP contribution in [-0.2, 0) is 6.54 Å². The zero-order valence-corrected chi connectivity index (χ0v) is 10.6. The first kappa shape index (κ1) is 13.4. The van der Waals surface area contributed by atoms with Crippen molar-refractivity contribution in [3.63, 3.8) is 0 Å². The van der Waals surface area contributed by atoms with Gasteiger partial charge in [-0.25, -0.2) is 14.1 Å². The molecule has 0 aliphatic rings. The van der Waals surface area contributed by atoms with E-state index in [1.165, 1.54) is 12.4 Å². The lowest BCUT2D eigenvalue weighted by molar-refractivity contribution is 0.639. The number of nitrogens with two attached hydrogens (primary N) is 1. The van der Waals surface area contributed by atoms with Gasteiger partial charge in [-0.1, -0.05) is 6.07 Å². The van der Waals surface area contributed by atoms with Crippen molar-refractivity contribution in [2.24, 2.45) is 5.73 Å². The molecule has 0 saturated carbocycles. The lowest BCUT2D eigenvalue weighted by Gasteiger charge is -2.05. The fourth-order valence-electron chi connectivity index (χ4n) is 1.84. The van der Waals surface area contributed by atoms with E-state index in [0.29, 0.717) is 22.4 Å². The van der Waals surface area contributed by atoms with Crippen LogP contribution in [0.3, 0.4) is 0 Å². The topological polar surface area (TPSA) is 69.6 Å².